The Hall–Kier alpha value is -1.97. The highest BCUT2D eigenvalue weighted by atomic mass is 32.2. The van der Waals surface area contributed by atoms with E-state index in [1.54, 1.807) is 19.1 Å². The minimum atomic E-state index is -3.99. The van der Waals surface area contributed by atoms with Crippen LogP contribution in [0.5, 0.6) is 0 Å². The SMILES string of the molecule is Cc1ccc(S(=O)(=O)N[C@H](CNCC(=O)O)C(=O)O)cc1. The predicted octanol–water partition coefficient (Wildman–Crippen LogP) is -0.599. The molecule has 1 aromatic carbocycles. The zero-order valence-electron chi connectivity index (χ0n) is 11.2. The Balaban J connectivity index is 2.79. The van der Waals surface area contributed by atoms with Crippen molar-refractivity contribution in [3.63, 3.8) is 0 Å². The van der Waals surface area contributed by atoms with E-state index in [2.05, 4.69) is 5.32 Å². The molecule has 0 aromatic heterocycles. The lowest BCUT2D eigenvalue weighted by atomic mass is 10.2. The van der Waals surface area contributed by atoms with Gasteiger partial charge in [0.15, 0.2) is 0 Å². The summed E-state index contributed by atoms with van der Waals surface area (Å²) in [6.45, 7) is 0.989. The number of sulfonamides is 1. The van der Waals surface area contributed by atoms with Crippen molar-refractivity contribution >= 4 is 22.0 Å². The molecule has 1 atom stereocenters. The Morgan fingerprint density at radius 3 is 2.24 bits per heavy atom. The lowest BCUT2D eigenvalue weighted by Gasteiger charge is -2.15. The largest absolute Gasteiger partial charge is 0.480 e. The smallest absolute Gasteiger partial charge is 0.323 e. The molecule has 0 amide bonds. The van der Waals surface area contributed by atoms with Crippen LogP contribution in [0.1, 0.15) is 5.56 Å². The third-order valence-corrected chi connectivity index (χ3v) is 4.04. The Morgan fingerprint density at radius 2 is 1.76 bits per heavy atom. The van der Waals surface area contributed by atoms with Crippen LogP contribution in [0, 0.1) is 6.92 Å². The zero-order chi connectivity index (χ0) is 16.0. The first-order valence-corrected chi connectivity index (χ1v) is 7.45. The summed E-state index contributed by atoms with van der Waals surface area (Å²) in [5.41, 5.74) is 0.867. The Bertz CT molecular complexity index is 611. The average molecular weight is 316 g/mol. The first-order chi connectivity index (χ1) is 9.72. The van der Waals surface area contributed by atoms with Crippen molar-refractivity contribution in [1.29, 1.82) is 0 Å². The normalized spacial score (nSPS) is 12.8. The van der Waals surface area contributed by atoms with Crippen LogP contribution in [0.2, 0.25) is 0 Å². The summed E-state index contributed by atoms with van der Waals surface area (Å²) in [6.07, 6.45) is 0. The third-order valence-electron chi connectivity index (χ3n) is 2.55. The number of hydrogen-bond donors (Lipinski definition) is 4. The number of carbonyl (C=O) groups is 2. The second-order valence-electron chi connectivity index (χ2n) is 4.35. The highest BCUT2D eigenvalue weighted by Gasteiger charge is 2.25. The van der Waals surface area contributed by atoms with Crippen molar-refractivity contribution in [2.45, 2.75) is 17.9 Å². The molecule has 0 unspecified atom stereocenters. The molecule has 1 aromatic rings. The van der Waals surface area contributed by atoms with Crippen molar-refractivity contribution in [3.05, 3.63) is 29.8 Å². The van der Waals surface area contributed by atoms with Crippen LogP contribution in [0.3, 0.4) is 0 Å². The molecular formula is C12H16N2O6S. The van der Waals surface area contributed by atoms with Gasteiger partial charge < -0.3 is 15.5 Å². The van der Waals surface area contributed by atoms with E-state index >= 15 is 0 Å². The molecule has 1 rings (SSSR count). The van der Waals surface area contributed by atoms with Gasteiger partial charge in [-0.1, -0.05) is 17.7 Å². The number of carboxylic acid groups (broad SMARTS) is 2. The molecule has 0 saturated carbocycles. The molecule has 116 valence electrons. The summed E-state index contributed by atoms with van der Waals surface area (Å²) >= 11 is 0. The topological polar surface area (TPSA) is 133 Å². The van der Waals surface area contributed by atoms with Crippen LogP contribution < -0.4 is 10.0 Å². The molecule has 0 bridgehead atoms. The number of nitrogens with one attached hydrogen (secondary N) is 2. The number of rotatable bonds is 8. The standard InChI is InChI=1S/C12H16N2O6S/c1-8-2-4-9(5-3-8)21(19,20)14-10(12(17)18)6-13-7-11(15)16/h2-5,10,13-14H,6-7H2,1H3,(H,15,16)(H,17,18)/t10-/m1/s1. The van der Waals surface area contributed by atoms with Crippen LogP contribution in [-0.2, 0) is 19.6 Å². The second kappa shape index (κ2) is 7.16. The van der Waals surface area contributed by atoms with Gasteiger partial charge in [-0.2, -0.15) is 4.72 Å². The number of hydrogen-bond acceptors (Lipinski definition) is 5. The van der Waals surface area contributed by atoms with Gasteiger partial charge in [0.2, 0.25) is 10.0 Å². The van der Waals surface area contributed by atoms with Gasteiger partial charge in [-0.25, -0.2) is 8.42 Å². The van der Waals surface area contributed by atoms with Crippen molar-refractivity contribution in [2.24, 2.45) is 0 Å². The second-order valence-corrected chi connectivity index (χ2v) is 6.06. The summed E-state index contributed by atoms with van der Waals surface area (Å²) < 4.78 is 26.1. The molecule has 0 fully saturated rings. The Kier molecular flexibility index (Phi) is 5.82. The maximum absolute atomic E-state index is 12.0. The molecule has 0 spiro atoms. The quantitative estimate of drug-likeness (QED) is 0.503. The Labute approximate surface area is 121 Å². The minimum Gasteiger partial charge on any atom is -0.480 e. The highest BCUT2D eigenvalue weighted by molar-refractivity contribution is 7.89. The van der Waals surface area contributed by atoms with Crippen LogP contribution >= 0.6 is 0 Å². The molecular weight excluding hydrogens is 300 g/mol. The van der Waals surface area contributed by atoms with Crippen LogP contribution in [0.4, 0.5) is 0 Å². The first-order valence-electron chi connectivity index (χ1n) is 5.96. The number of benzene rings is 1. The lowest BCUT2D eigenvalue weighted by Crippen LogP contribution is -2.47. The maximum atomic E-state index is 12.0. The van der Waals surface area contributed by atoms with Gasteiger partial charge in [0.1, 0.15) is 6.04 Å². The first kappa shape index (κ1) is 17.1. The van der Waals surface area contributed by atoms with Crippen molar-refractivity contribution in [2.75, 3.05) is 13.1 Å². The molecule has 0 aliphatic heterocycles. The van der Waals surface area contributed by atoms with Gasteiger partial charge in [0.05, 0.1) is 11.4 Å². The van der Waals surface area contributed by atoms with Crippen LogP contribution in [0.25, 0.3) is 0 Å². The number of carboxylic acids is 2. The summed E-state index contributed by atoms with van der Waals surface area (Å²) in [6, 6.07) is 4.44. The summed E-state index contributed by atoms with van der Waals surface area (Å²) in [5, 5.41) is 19.8. The fourth-order valence-corrected chi connectivity index (χ4v) is 2.66. The average Bonchev–Trinajstić information content (AvgIpc) is 2.37. The molecule has 0 aliphatic rings. The van der Waals surface area contributed by atoms with E-state index in [0.717, 1.165) is 5.56 Å². The van der Waals surface area contributed by atoms with Gasteiger partial charge in [-0.05, 0) is 19.1 Å². The van der Waals surface area contributed by atoms with E-state index in [4.69, 9.17) is 10.2 Å². The van der Waals surface area contributed by atoms with E-state index in [0.29, 0.717) is 0 Å². The summed E-state index contributed by atoms with van der Waals surface area (Å²) in [7, 11) is -3.99. The predicted molar refractivity (Wildman–Crippen MR) is 73.4 cm³/mol. The van der Waals surface area contributed by atoms with Crippen LogP contribution in [0.15, 0.2) is 29.2 Å². The van der Waals surface area contributed by atoms with Gasteiger partial charge in [-0.3, -0.25) is 9.59 Å². The fourth-order valence-electron chi connectivity index (χ4n) is 1.48. The molecule has 0 saturated heterocycles. The van der Waals surface area contributed by atoms with E-state index < -0.39 is 34.5 Å². The van der Waals surface area contributed by atoms with Gasteiger partial charge in [0, 0.05) is 6.54 Å². The number of aryl methyl sites for hydroxylation is 1. The zero-order valence-corrected chi connectivity index (χ0v) is 12.1. The molecule has 4 N–H and O–H groups in total. The summed E-state index contributed by atoms with van der Waals surface area (Å²) in [4.78, 5) is 21.3. The molecule has 0 aliphatic carbocycles. The summed E-state index contributed by atoms with van der Waals surface area (Å²) in [5.74, 6) is -2.57. The lowest BCUT2D eigenvalue weighted by molar-refractivity contribution is -0.140. The van der Waals surface area contributed by atoms with Gasteiger partial charge in [-0.15, -0.1) is 0 Å². The third kappa shape index (κ3) is 5.50. The van der Waals surface area contributed by atoms with E-state index in [1.165, 1.54) is 12.1 Å². The van der Waals surface area contributed by atoms with Crippen LogP contribution in [-0.4, -0.2) is 49.7 Å². The number of aliphatic carboxylic acids is 2. The highest BCUT2D eigenvalue weighted by Crippen LogP contribution is 2.10. The molecule has 9 heteroatoms. The van der Waals surface area contributed by atoms with E-state index in [1.807, 2.05) is 4.72 Å². The minimum absolute atomic E-state index is 0.0578. The van der Waals surface area contributed by atoms with Gasteiger partial charge in [0.25, 0.3) is 0 Å². The molecule has 8 nitrogen and oxygen atoms in total. The van der Waals surface area contributed by atoms with Gasteiger partial charge >= 0.3 is 11.9 Å². The van der Waals surface area contributed by atoms with Crippen molar-refractivity contribution in [3.8, 4) is 0 Å². The van der Waals surface area contributed by atoms with E-state index in [-0.39, 0.29) is 11.4 Å². The monoisotopic (exact) mass is 316 g/mol. The molecule has 0 heterocycles. The van der Waals surface area contributed by atoms with Crippen molar-refractivity contribution in [1.82, 2.24) is 10.0 Å². The molecule has 0 radical (unpaired) electrons. The molecule has 21 heavy (non-hydrogen) atoms. The maximum Gasteiger partial charge on any atom is 0.323 e. The fraction of sp³-hybridized carbons (Fsp3) is 0.333. The van der Waals surface area contributed by atoms with Crippen molar-refractivity contribution < 1.29 is 28.2 Å². The van der Waals surface area contributed by atoms with E-state index in [9.17, 15) is 18.0 Å². The Morgan fingerprint density at radius 1 is 1.19 bits per heavy atom.